The van der Waals surface area contributed by atoms with Crippen molar-refractivity contribution in [2.45, 2.75) is 32.8 Å². The first-order chi connectivity index (χ1) is 5.73. The molecule has 13 heavy (non-hydrogen) atoms. The second kappa shape index (κ2) is 4.03. The van der Waals surface area contributed by atoms with Gasteiger partial charge in [0, 0.05) is 0 Å². The van der Waals surface area contributed by atoms with Crippen LogP contribution in [0.4, 0.5) is 0 Å². The van der Waals surface area contributed by atoms with Crippen LogP contribution in [-0.4, -0.2) is 29.5 Å². The molecule has 0 amide bonds. The molecule has 2 N–H and O–H groups in total. The molecule has 7 heteroatoms. The van der Waals surface area contributed by atoms with Crippen LogP contribution in [0.5, 0.6) is 0 Å². The minimum absolute atomic E-state index is 0.130. The van der Waals surface area contributed by atoms with Gasteiger partial charge in [-0.3, -0.25) is 4.55 Å². The SMILES string of the molecule is CC/C(=N\O)C(C)(C)OS(=O)(=O)O. The van der Waals surface area contributed by atoms with Crippen LogP contribution < -0.4 is 0 Å². The van der Waals surface area contributed by atoms with E-state index in [4.69, 9.17) is 9.76 Å². The quantitative estimate of drug-likeness (QED) is 0.310. The summed E-state index contributed by atoms with van der Waals surface area (Å²) in [5.41, 5.74) is -1.21. The molecular weight excluding hydrogens is 198 g/mol. The minimum Gasteiger partial charge on any atom is -0.411 e. The summed E-state index contributed by atoms with van der Waals surface area (Å²) in [6.07, 6.45) is 0.318. The molecule has 0 saturated heterocycles. The third-order valence-corrected chi connectivity index (χ3v) is 2.09. The van der Waals surface area contributed by atoms with Gasteiger partial charge < -0.3 is 5.21 Å². The monoisotopic (exact) mass is 211 g/mol. The van der Waals surface area contributed by atoms with Crippen LogP contribution in [0.15, 0.2) is 5.16 Å². The van der Waals surface area contributed by atoms with E-state index in [0.29, 0.717) is 6.42 Å². The number of hydrogen-bond donors (Lipinski definition) is 2. The van der Waals surface area contributed by atoms with Gasteiger partial charge in [0.1, 0.15) is 5.60 Å². The van der Waals surface area contributed by atoms with E-state index in [1.807, 2.05) is 0 Å². The largest absolute Gasteiger partial charge is 0.411 e. The van der Waals surface area contributed by atoms with Crippen LogP contribution in [0.3, 0.4) is 0 Å². The van der Waals surface area contributed by atoms with Crippen molar-refractivity contribution in [1.29, 1.82) is 0 Å². The second-order valence-electron chi connectivity index (χ2n) is 2.92. The van der Waals surface area contributed by atoms with Gasteiger partial charge in [-0.25, -0.2) is 4.18 Å². The smallest absolute Gasteiger partial charge is 0.398 e. The first-order valence-electron chi connectivity index (χ1n) is 3.62. The number of nitrogens with zero attached hydrogens (tertiary/aromatic N) is 1. The van der Waals surface area contributed by atoms with Crippen molar-refractivity contribution < 1.29 is 22.4 Å². The maximum absolute atomic E-state index is 10.4. The van der Waals surface area contributed by atoms with Crippen molar-refractivity contribution in [3.8, 4) is 0 Å². The fourth-order valence-corrected chi connectivity index (χ4v) is 1.55. The Kier molecular flexibility index (Phi) is 3.83. The van der Waals surface area contributed by atoms with Crippen LogP contribution in [0, 0.1) is 0 Å². The zero-order valence-corrected chi connectivity index (χ0v) is 8.50. The van der Waals surface area contributed by atoms with Crippen molar-refractivity contribution in [1.82, 2.24) is 0 Å². The molecule has 0 heterocycles. The molecule has 0 aliphatic rings. The van der Waals surface area contributed by atoms with Gasteiger partial charge in [0.2, 0.25) is 0 Å². The van der Waals surface area contributed by atoms with Crippen molar-refractivity contribution in [3.05, 3.63) is 0 Å². The van der Waals surface area contributed by atoms with Crippen molar-refractivity contribution in [3.63, 3.8) is 0 Å². The molecule has 0 bridgehead atoms. The molecule has 0 rings (SSSR count). The van der Waals surface area contributed by atoms with Crippen LogP contribution in [-0.2, 0) is 14.6 Å². The lowest BCUT2D eigenvalue weighted by Crippen LogP contribution is -2.36. The Morgan fingerprint density at radius 3 is 2.23 bits per heavy atom. The Labute approximate surface area is 77.2 Å². The zero-order valence-electron chi connectivity index (χ0n) is 7.68. The average Bonchev–Trinajstić information content (AvgIpc) is 1.83. The van der Waals surface area contributed by atoms with E-state index in [1.54, 1.807) is 6.92 Å². The molecular formula is C6H13NO5S. The van der Waals surface area contributed by atoms with E-state index in [2.05, 4.69) is 9.34 Å². The van der Waals surface area contributed by atoms with E-state index >= 15 is 0 Å². The molecule has 0 aromatic carbocycles. The lowest BCUT2D eigenvalue weighted by Gasteiger charge is -2.22. The van der Waals surface area contributed by atoms with E-state index in [9.17, 15) is 8.42 Å². The van der Waals surface area contributed by atoms with Crippen molar-refractivity contribution in [2.75, 3.05) is 0 Å². The van der Waals surface area contributed by atoms with Gasteiger partial charge in [-0.2, -0.15) is 8.42 Å². The Bertz CT molecular complexity index is 292. The third-order valence-electron chi connectivity index (χ3n) is 1.46. The average molecular weight is 211 g/mol. The summed E-state index contributed by atoms with van der Waals surface area (Å²) >= 11 is 0. The number of hydrogen-bond acceptors (Lipinski definition) is 5. The highest BCUT2D eigenvalue weighted by Crippen LogP contribution is 2.16. The summed E-state index contributed by atoms with van der Waals surface area (Å²) in [7, 11) is -4.54. The molecule has 78 valence electrons. The first-order valence-corrected chi connectivity index (χ1v) is 4.99. The standard InChI is InChI=1S/C6H13NO5S/c1-4-5(7-8)6(2,3)12-13(9,10)11/h8H,4H2,1-3H3,(H,9,10,11)/b7-5+. The minimum atomic E-state index is -4.54. The number of oxime groups is 1. The summed E-state index contributed by atoms with van der Waals surface area (Å²) in [6, 6.07) is 0. The Hall–Kier alpha value is -0.660. The first kappa shape index (κ1) is 12.3. The second-order valence-corrected chi connectivity index (χ2v) is 3.94. The van der Waals surface area contributed by atoms with Gasteiger partial charge in [-0.05, 0) is 20.3 Å². The molecule has 0 unspecified atom stereocenters. The molecule has 0 saturated carbocycles. The molecule has 0 aromatic rings. The Morgan fingerprint density at radius 1 is 1.54 bits per heavy atom. The predicted molar refractivity (Wildman–Crippen MR) is 46.2 cm³/mol. The van der Waals surface area contributed by atoms with Gasteiger partial charge in [0.15, 0.2) is 0 Å². The lowest BCUT2D eigenvalue weighted by atomic mass is 10.0. The molecule has 6 nitrogen and oxygen atoms in total. The van der Waals surface area contributed by atoms with Crippen LogP contribution in [0.25, 0.3) is 0 Å². The van der Waals surface area contributed by atoms with E-state index in [1.165, 1.54) is 13.8 Å². The Morgan fingerprint density at radius 2 is 2.00 bits per heavy atom. The van der Waals surface area contributed by atoms with Gasteiger partial charge in [-0.15, -0.1) is 0 Å². The van der Waals surface area contributed by atoms with Crippen LogP contribution in [0.2, 0.25) is 0 Å². The van der Waals surface area contributed by atoms with E-state index in [-0.39, 0.29) is 5.71 Å². The van der Waals surface area contributed by atoms with Gasteiger partial charge in [-0.1, -0.05) is 12.1 Å². The van der Waals surface area contributed by atoms with Gasteiger partial charge >= 0.3 is 10.4 Å². The maximum atomic E-state index is 10.4. The van der Waals surface area contributed by atoms with Crippen LogP contribution in [0.1, 0.15) is 27.2 Å². The lowest BCUT2D eigenvalue weighted by molar-refractivity contribution is 0.156. The molecule has 0 aromatic heterocycles. The fourth-order valence-electron chi connectivity index (χ4n) is 0.928. The molecule has 0 spiro atoms. The topological polar surface area (TPSA) is 96.2 Å². The molecule has 0 aliphatic carbocycles. The molecule has 0 aliphatic heterocycles. The van der Waals surface area contributed by atoms with Crippen LogP contribution >= 0.6 is 0 Å². The zero-order chi connectivity index (χ0) is 10.7. The van der Waals surface area contributed by atoms with Gasteiger partial charge in [0.25, 0.3) is 0 Å². The van der Waals surface area contributed by atoms with Crippen molar-refractivity contribution >= 4 is 16.1 Å². The van der Waals surface area contributed by atoms with E-state index in [0.717, 1.165) is 0 Å². The van der Waals surface area contributed by atoms with Crippen molar-refractivity contribution in [2.24, 2.45) is 5.16 Å². The number of rotatable bonds is 4. The highest BCUT2D eigenvalue weighted by atomic mass is 32.3. The summed E-state index contributed by atoms with van der Waals surface area (Å²) in [4.78, 5) is 0. The van der Waals surface area contributed by atoms with E-state index < -0.39 is 16.0 Å². The summed E-state index contributed by atoms with van der Waals surface area (Å²) in [6.45, 7) is 4.42. The summed E-state index contributed by atoms with van der Waals surface area (Å²) in [5, 5.41) is 11.4. The highest BCUT2D eigenvalue weighted by Gasteiger charge is 2.30. The maximum Gasteiger partial charge on any atom is 0.398 e. The molecule has 0 radical (unpaired) electrons. The fraction of sp³-hybridized carbons (Fsp3) is 0.833. The summed E-state index contributed by atoms with van der Waals surface area (Å²) < 4.78 is 33.5. The molecule has 0 atom stereocenters. The third kappa shape index (κ3) is 4.20. The Balaban J connectivity index is 4.77. The highest BCUT2D eigenvalue weighted by molar-refractivity contribution is 7.81. The summed E-state index contributed by atoms with van der Waals surface area (Å²) in [5.74, 6) is 0. The predicted octanol–water partition coefficient (Wildman–Crippen LogP) is 0.825. The van der Waals surface area contributed by atoms with Gasteiger partial charge in [0.05, 0.1) is 5.71 Å². The molecule has 0 fully saturated rings. The normalized spacial score (nSPS) is 14.6.